The largest absolute Gasteiger partial charge is 0.396 e. The SMILES string of the molecule is CCCCO.[Zr]. The van der Waals surface area contributed by atoms with Crippen LogP contribution in [0.3, 0.4) is 0 Å². The molecule has 0 atom stereocenters. The van der Waals surface area contributed by atoms with Crippen LogP contribution in [0.4, 0.5) is 0 Å². The van der Waals surface area contributed by atoms with Crippen LogP contribution in [0.2, 0.25) is 0 Å². The van der Waals surface area contributed by atoms with Gasteiger partial charge in [0.1, 0.15) is 0 Å². The van der Waals surface area contributed by atoms with Gasteiger partial charge in [-0.05, 0) is 6.42 Å². The summed E-state index contributed by atoms with van der Waals surface area (Å²) in [4.78, 5) is 0. The summed E-state index contributed by atoms with van der Waals surface area (Å²) in [5, 5.41) is 8.07. The molecule has 0 spiro atoms. The Morgan fingerprint density at radius 1 is 1.50 bits per heavy atom. The van der Waals surface area contributed by atoms with Gasteiger partial charge >= 0.3 is 0 Å². The standard InChI is InChI=1S/C4H10O.Zr/c1-2-3-4-5;/h5H,2-4H2,1H3;. The maximum atomic E-state index is 8.07. The zero-order valence-corrected chi connectivity index (χ0v) is 6.53. The van der Waals surface area contributed by atoms with Gasteiger partial charge in [0.15, 0.2) is 0 Å². The molecular weight excluding hydrogens is 155 g/mol. The molecule has 0 fully saturated rings. The van der Waals surface area contributed by atoms with Gasteiger partial charge in [-0.2, -0.15) is 0 Å². The van der Waals surface area contributed by atoms with Crippen LogP contribution in [0.5, 0.6) is 0 Å². The summed E-state index contributed by atoms with van der Waals surface area (Å²) in [5.74, 6) is 0. The number of unbranched alkanes of at least 4 members (excludes halogenated alkanes) is 1. The fourth-order valence-electron chi connectivity index (χ4n) is 0.158. The van der Waals surface area contributed by atoms with Crippen molar-refractivity contribution < 1.29 is 31.3 Å². The van der Waals surface area contributed by atoms with E-state index in [4.69, 9.17) is 5.11 Å². The molecule has 1 nitrogen and oxygen atoms in total. The molecule has 0 aliphatic rings. The van der Waals surface area contributed by atoms with Crippen LogP contribution in [0.15, 0.2) is 0 Å². The molecule has 0 saturated carbocycles. The normalized spacial score (nSPS) is 7.00. The number of rotatable bonds is 2. The zero-order valence-electron chi connectivity index (χ0n) is 4.07. The van der Waals surface area contributed by atoms with E-state index in [0.717, 1.165) is 12.8 Å². The fourth-order valence-corrected chi connectivity index (χ4v) is 0.158. The van der Waals surface area contributed by atoms with Gasteiger partial charge in [-0.1, -0.05) is 13.3 Å². The number of aliphatic hydroxyl groups excluding tert-OH is 1. The molecular formula is C4H10OZr. The molecule has 0 unspecified atom stereocenters. The van der Waals surface area contributed by atoms with Crippen molar-refractivity contribution in [3.63, 3.8) is 0 Å². The van der Waals surface area contributed by atoms with E-state index in [1.807, 2.05) is 0 Å². The Kier molecular flexibility index (Phi) is 15.4. The minimum absolute atomic E-state index is 0. The summed E-state index contributed by atoms with van der Waals surface area (Å²) >= 11 is 0. The Morgan fingerprint density at radius 3 is 2.00 bits per heavy atom. The molecule has 0 bridgehead atoms. The van der Waals surface area contributed by atoms with E-state index < -0.39 is 0 Å². The number of hydrogen-bond donors (Lipinski definition) is 1. The van der Waals surface area contributed by atoms with E-state index in [1.54, 1.807) is 0 Å². The van der Waals surface area contributed by atoms with Gasteiger partial charge in [-0.15, -0.1) is 0 Å². The molecule has 0 saturated heterocycles. The maximum Gasteiger partial charge on any atom is 0.0430 e. The Balaban J connectivity index is 0. The van der Waals surface area contributed by atoms with E-state index in [-0.39, 0.29) is 26.2 Å². The Labute approximate surface area is 57.9 Å². The summed E-state index contributed by atoms with van der Waals surface area (Å²) in [7, 11) is 0. The second-order valence-electron chi connectivity index (χ2n) is 1.08. The summed E-state index contributed by atoms with van der Waals surface area (Å²) in [6.45, 7) is 2.40. The molecule has 0 aromatic heterocycles. The van der Waals surface area contributed by atoms with Gasteiger partial charge < -0.3 is 5.11 Å². The van der Waals surface area contributed by atoms with Crippen LogP contribution < -0.4 is 0 Å². The zero-order chi connectivity index (χ0) is 4.12. The fraction of sp³-hybridized carbons (Fsp3) is 1.00. The average molecular weight is 165 g/mol. The van der Waals surface area contributed by atoms with Gasteiger partial charge in [0.2, 0.25) is 0 Å². The van der Waals surface area contributed by atoms with Crippen LogP contribution in [-0.2, 0) is 26.2 Å². The molecule has 0 aromatic rings. The Bertz CT molecular complexity index is 15.0. The molecule has 2 heteroatoms. The molecule has 0 aliphatic carbocycles. The maximum absolute atomic E-state index is 8.07. The van der Waals surface area contributed by atoms with E-state index in [9.17, 15) is 0 Å². The van der Waals surface area contributed by atoms with Crippen molar-refractivity contribution in [2.24, 2.45) is 0 Å². The average Bonchev–Trinajstić information content (AvgIpc) is 1.41. The van der Waals surface area contributed by atoms with Gasteiger partial charge in [0, 0.05) is 32.8 Å². The molecule has 36 valence electrons. The van der Waals surface area contributed by atoms with Gasteiger partial charge in [-0.3, -0.25) is 0 Å². The molecule has 0 rings (SSSR count). The first kappa shape index (κ1) is 9.96. The summed E-state index contributed by atoms with van der Waals surface area (Å²) in [6.07, 6.45) is 2.04. The number of hydrogen-bond acceptors (Lipinski definition) is 1. The molecule has 0 heterocycles. The molecule has 1 N–H and O–H groups in total. The molecule has 0 amide bonds. The van der Waals surface area contributed by atoms with Crippen LogP contribution in [0.25, 0.3) is 0 Å². The number of aliphatic hydroxyl groups is 1. The first-order valence-corrected chi connectivity index (χ1v) is 2.02. The smallest absolute Gasteiger partial charge is 0.0430 e. The monoisotopic (exact) mass is 164 g/mol. The van der Waals surface area contributed by atoms with Crippen LogP contribution >= 0.6 is 0 Å². The Hall–Kier alpha value is 0.843. The quantitative estimate of drug-likeness (QED) is 0.641. The van der Waals surface area contributed by atoms with E-state index >= 15 is 0 Å². The predicted molar refractivity (Wildman–Crippen MR) is 22.0 cm³/mol. The summed E-state index contributed by atoms with van der Waals surface area (Å²) < 4.78 is 0. The van der Waals surface area contributed by atoms with E-state index in [0.29, 0.717) is 6.61 Å². The van der Waals surface area contributed by atoms with Gasteiger partial charge in [-0.25, -0.2) is 0 Å². The first-order chi connectivity index (χ1) is 2.41. The van der Waals surface area contributed by atoms with Crippen LogP contribution in [-0.4, -0.2) is 11.7 Å². The van der Waals surface area contributed by atoms with Crippen LogP contribution in [0, 0.1) is 0 Å². The van der Waals surface area contributed by atoms with Gasteiger partial charge in [0.25, 0.3) is 0 Å². The van der Waals surface area contributed by atoms with Crippen molar-refractivity contribution >= 4 is 0 Å². The van der Waals surface area contributed by atoms with Crippen molar-refractivity contribution in [3.05, 3.63) is 0 Å². The molecule has 0 radical (unpaired) electrons. The van der Waals surface area contributed by atoms with Crippen LogP contribution in [0.1, 0.15) is 19.8 Å². The van der Waals surface area contributed by atoms with Crippen molar-refractivity contribution in [2.75, 3.05) is 6.61 Å². The van der Waals surface area contributed by atoms with Crippen molar-refractivity contribution in [2.45, 2.75) is 19.8 Å². The first-order valence-electron chi connectivity index (χ1n) is 2.02. The van der Waals surface area contributed by atoms with E-state index in [2.05, 4.69) is 6.92 Å². The van der Waals surface area contributed by atoms with Crippen molar-refractivity contribution in [1.82, 2.24) is 0 Å². The topological polar surface area (TPSA) is 20.2 Å². The third kappa shape index (κ3) is 8.85. The minimum atomic E-state index is 0. The second kappa shape index (κ2) is 9.28. The van der Waals surface area contributed by atoms with E-state index in [1.165, 1.54) is 0 Å². The predicted octanol–water partition coefficient (Wildman–Crippen LogP) is 0.776. The molecule has 0 aromatic carbocycles. The molecule has 6 heavy (non-hydrogen) atoms. The third-order valence-electron chi connectivity index (χ3n) is 0.512. The molecule has 0 aliphatic heterocycles. The second-order valence-corrected chi connectivity index (χ2v) is 1.08. The third-order valence-corrected chi connectivity index (χ3v) is 0.512. The minimum Gasteiger partial charge on any atom is -0.396 e. The summed E-state index contributed by atoms with van der Waals surface area (Å²) in [5.41, 5.74) is 0. The van der Waals surface area contributed by atoms with Gasteiger partial charge in [0.05, 0.1) is 0 Å². The van der Waals surface area contributed by atoms with Crippen molar-refractivity contribution in [3.8, 4) is 0 Å². The Morgan fingerprint density at radius 2 is 2.00 bits per heavy atom. The summed E-state index contributed by atoms with van der Waals surface area (Å²) in [6, 6.07) is 0. The van der Waals surface area contributed by atoms with Crippen molar-refractivity contribution in [1.29, 1.82) is 0 Å².